The highest BCUT2D eigenvalue weighted by Gasteiger charge is 2.15. The van der Waals surface area contributed by atoms with Crippen LogP contribution in [0.25, 0.3) is 0 Å². The van der Waals surface area contributed by atoms with Gasteiger partial charge in [-0.05, 0) is 66.6 Å². The van der Waals surface area contributed by atoms with Crippen LogP contribution in [-0.2, 0) is 23.1 Å². The Balaban J connectivity index is 1.40. The molecule has 0 radical (unpaired) electrons. The average Bonchev–Trinajstić information content (AvgIpc) is 3.34. The molecule has 0 spiro atoms. The first-order valence-electron chi connectivity index (χ1n) is 10.4. The van der Waals surface area contributed by atoms with E-state index in [9.17, 15) is 8.42 Å². The summed E-state index contributed by atoms with van der Waals surface area (Å²) in [4.78, 5) is 4.10. The Morgan fingerprint density at radius 2 is 1.52 bits per heavy atom. The smallest absolute Gasteiger partial charge is 0.240 e. The molecule has 1 aromatic heterocycles. The number of hydrogen-bond donors (Lipinski definition) is 1. The van der Waals surface area contributed by atoms with Crippen molar-refractivity contribution in [3.8, 4) is 17.2 Å². The van der Waals surface area contributed by atoms with Gasteiger partial charge in [-0.25, -0.2) is 22.8 Å². The molecule has 4 rings (SSSR count). The summed E-state index contributed by atoms with van der Waals surface area (Å²) >= 11 is 0. The van der Waals surface area contributed by atoms with E-state index in [-0.39, 0.29) is 11.4 Å². The van der Waals surface area contributed by atoms with Crippen LogP contribution >= 0.6 is 0 Å². The van der Waals surface area contributed by atoms with Crippen LogP contribution < -0.4 is 14.2 Å². The number of benzene rings is 3. The molecule has 0 unspecified atom stereocenters. The first-order chi connectivity index (χ1) is 16.0. The lowest BCUT2D eigenvalue weighted by molar-refractivity contribution is 0.339. The van der Waals surface area contributed by atoms with E-state index in [0.717, 1.165) is 16.9 Å². The molecule has 8 nitrogen and oxygen atoms in total. The SMILES string of the molecule is CCOc1ccc(Oc2ccc(S(=O)(=O)NCc3ccccc3Cn3cncn3)cc2)cc1. The zero-order valence-electron chi connectivity index (χ0n) is 18.1. The highest BCUT2D eigenvalue weighted by molar-refractivity contribution is 7.89. The number of sulfonamides is 1. The third-order valence-corrected chi connectivity index (χ3v) is 6.29. The van der Waals surface area contributed by atoms with E-state index >= 15 is 0 Å². The molecule has 9 heteroatoms. The molecular formula is C24H24N4O4S. The van der Waals surface area contributed by atoms with Gasteiger partial charge in [0.25, 0.3) is 0 Å². The zero-order chi connectivity index (χ0) is 23.1. The lowest BCUT2D eigenvalue weighted by Crippen LogP contribution is -2.24. The number of hydrogen-bond acceptors (Lipinski definition) is 6. The normalized spacial score (nSPS) is 11.3. The summed E-state index contributed by atoms with van der Waals surface area (Å²) in [5.41, 5.74) is 1.83. The second kappa shape index (κ2) is 10.3. The lowest BCUT2D eigenvalue weighted by Gasteiger charge is -2.12. The Labute approximate surface area is 192 Å². The van der Waals surface area contributed by atoms with Crippen LogP contribution in [0.1, 0.15) is 18.1 Å². The van der Waals surface area contributed by atoms with Crippen molar-refractivity contribution in [2.24, 2.45) is 0 Å². The zero-order valence-corrected chi connectivity index (χ0v) is 18.9. The van der Waals surface area contributed by atoms with E-state index in [4.69, 9.17) is 9.47 Å². The average molecular weight is 465 g/mol. The summed E-state index contributed by atoms with van der Waals surface area (Å²) < 4.78 is 41.2. The Hall–Kier alpha value is -3.69. The molecule has 4 aromatic rings. The van der Waals surface area contributed by atoms with Crippen LogP contribution in [0.4, 0.5) is 0 Å². The minimum Gasteiger partial charge on any atom is -0.494 e. The van der Waals surface area contributed by atoms with E-state index in [1.165, 1.54) is 18.5 Å². The molecule has 0 saturated heterocycles. The maximum Gasteiger partial charge on any atom is 0.240 e. The van der Waals surface area contributed by atoms with E-state index < -0.39 is 10.0 Å². The molecule has 0 aliphatic heterocycles. The summed E-state index contributed by atoms with van der Waals surface area (Å²) in [6, 6.07) is 21.2. The molecule has 0 bridgehead atoms. The maximum atomic E-state index is 12.8. The number of nitrogens with one attached hydrogen (secondary N) is 1. The molecule has 0 aliphatic carbocycles. The molecule has 33 heavy (non-hydrogen) atoms. The van der Waals surface area contributed by atoms with Crippen LogP contribution in [0.2, 0.25) is 0 Å². The van der Waals surface area contributed by atoms with Gasteiger partial charge in [-0.2, -0.15) is 5.10 Å². The highest BCUT2D eigenvalue weighted by atomic mass is 32.2. The highest BCUT2D eigenvalue weighted by Crippen LogP contribution is 2.25. The van der Waals surface area contributed by atoms with Gasteiger partial charge in [0, 0.05) is 6.54 Å². The van der Waals surface area contributed by atoms with Gasteiger partial charge in [0.1, 0.15) is 29.9 Å². The van der Waals surface area contributed by atoms with Crippen molar-refractivity contribution in [1.29, 1.82) is 0 Å². The monoisotopic (exact) mass is 464 g/mol. The Morgan fingerprint density at radius 1 is 0.879 bits per heavy atom. The van der Waals surface area contributed by atoms with Crippen molar-refractivity contribution in [2.45, 2.75) is 24.9 Å². The van der Waals surface area contributed by atoms with E-state index in [2.05, 4.69) is 14.8 Å². The topological polar surface area (TPSA) is 95.3 Å². The first kappa shape index (κ1) is 22.5. The van der Waals surface area contributed by atoms with E-state index in [1.807, 2.05) is 43.3 Å². The molecule has 0 atom stereocenters. The van der Waals surface area contributed by atoms with Gasteiger partial charge in [0.2, 0.25) is 10.0 Å². The first-order valence-corrected chi connectivity index (χ1v) is 11.9. The number of rotatable bonds is 10. The maximum absolute atomic E-state index is 12.8. The van der Waals surface area contributed by atoms with Crippen molar-refractivity contribution < 1.29 is 17.9 Å². The molecule has 0 fully saturated rings. The molecule has 0 saturated carbocycles. The minimum atomic E-state index is -3.70. The van der Waals surface area contributed by atoms with Crippen LogP contribution in [0.5, 0.6) is 17.2 Å². The standard InChI is InChI=1S/C24H24N4O4S/c1-2-31-21-7-9-22(10-8-21)32-23-11-13-24(14-12-23)33(29,30)27-15-19-5-3-4-6-20(19)16-28-18-25-17-26-28/h3-14,17-18,27H,2,15-16H2,1H3. The molecular weight excluding hydrogens is 440 g/mol. The predicted molar refractivity (Wildman–Crippen MR) is 124 cm³/mol. The fraction of sp³-hybridized carbons (Fsp3) is 0.167. The lowest BCUT2D eigenvalue weighted by atomic mass is 10.1. The molecule has 0 amide bonds. The van der Waals surface area contributed by atoms with Crippen molar-refractivity contribution in [3.63, 3.8) is 0 Å². The Morgan fingerprint density at radius 3 is 2.15 bits per heavy atom. The predicted octanol–water partition coefficient (Wildman–Crippen LogP) is 4.00. The molecule has 170 valence electrons. The van der Waals surface area contributed by atoms with Gasteiger partial charge >= 0.3 is 0 Å². The van der Waals surface area contributed by atoms with Crippen molar-refractivity contribution in [3.05, 3.63) is 96.6 Å². The van der Waals surface area contributed by atoms with Crippen molar-refractivity contribution >= 4 is 10.0 Å². The fourth-order valence-electron chi connectivity index (χ4n) is 3.22. The van der Waals surface area contributed by atoms with Gasteiger partial charge in [-0.1, -0.05) is 24.3 Å². The largest absolute Gasteiger partial charge is 0.494 e. The van der Waals surface area contributed by atoms with Crippen molar-refractivity contribution in [1.82, 2.24) is 19.5 Å². The van der Waals surface area contributed by atoms with E-state index in [0.29, 0.717) is 24.7 Å². The van der Waals surface area contributed by atoms with E-state index in [1.54, 1.807) is 35.3 Å². The second-order valence-electron chi connectivity index (χ2n) is 7.16. The van der Waals surface area contributed by atoms with Gasteiger partial charge in [0.15, 0.2) is 0 Å². The van der Waals surface area contributed by atoms with Crippen molar-refractivity contribution in [2.75, 3.05) is 6.61 Å². The molecule has 1 N–H and O–H groups in total. The van der Waals surface area contributed by atoms with Gasteiger partial charge in [0.05, 0.1) is 18.0 Å². The molecule has 1 heterocycles. The minimum absolute atomic E-state index is 0.162. The number of ether oxygens (including phenoxy) is 2. The second-order valence-corrected chi connectivity index (χ2v) is 8.93. The summed E-state index contributed by atoms with van der Waals surface area (Å²) in [7, 11) is -3.70. The van der Waals surface area contributed by atoms with Gasteiger partial charge in [-0.3, -0.25) is 0 Å². The van der Waals surface area contributed by atoms with Gasteiger partial charge in [-0.15, -0.1) is 0 Å². The summed E-state index contributed by atoms with van der Waals surface area (Å²) in [5.74, 6) is 1.94. The van der Waals surface area contributed by atoms with Gasteiger partial charge < -0.3 is 9.47 Å². The van der Waals surface area contributed by atoms with Crippen LogP contribution in [-0.4, -0.2) is 29.8 Å². The molecule has 0 aliphatic rings. The third-order valence-electron chi connectivity index (χ3n) is 4.87. The Kier molecular flexibility index (Phi) is 7.01. The summed E-state index contributed by atoms with van der Waals surface area (Å²) in [6.07, 6.45) is 3.09. The Bertz CT molecular complexity index is 1270. The van der Waals surface area contributed by atoms with Crippen LogP contribution in [0, 0.1) is 0 Å². The molecule has 3 aromatic carbocycles. The number of aromatic nitrogens is 3. The summed E-state index contributed by atoms with van der Waals surface area (Å²) in [5, 5.41) is 4.11. The third kappa shape index (κ3) is 5.97. The summed E-state index contributed by atoms with van der Waals surface area (Å²) in [6.45, 7) is 3.19. The van der Waals surface area contributed by atoms with Crippen LogP contribution in [0.15, 0.2) is 90.3 Å². The fourth-order valence-corrected chi connectivity index (χ4v) is 4.23. The number of nitrogens with zero attached hydrogens (tertiary/aromatic N) is 3. The van der Waals surface area contributed by atoms with Crippen LogP contribution in [0.3, 0.4) is 0 Å². The quantitative estimate of drug-likeness (QED) is 0.381.